The van der Waals surface area contributed by atoms with E-state index in [2.05, 4.69) is 0 Å². The predicted octanol–water partition coefficient (Wildman–Crippen LogP) is 6.11. The number of likely N-dealkylation sites (tertiary alicyclic amines) is 1. The van der Waals surface area contributed by atoms with E-state index in [1.807, 2.05) is 56.3 Å². The number of aliphatic hydroxyl groups is 1. The summed E-state index contributed by atoms with van der Waals surface area (Å²) in [4.78, 5) is 27.9. The molecule has 1 fully saturated rings. The van der Waals surface area contributed by atoms with E-state index >= 15 is 0 Å². The summed E-state index contributed by atoms with van der Waals surface area (Å²) in [5, 5.41) is 13.7. The van der Waals surface area contributed by atoms with Crippen molar-refractivity contribution in [3.8, 4) is 5.75 Å². The third-order valence-corrected chi connectivity index (χ3v) is 6.23. The monoisotopic (exact) mass is 463 g/mol. The van der Waals surface area contributed by atoms with Crippen LogP contribution < -0.4 is 4.74 Å². The van der Waals surface area contributed by atoms with Crippen LogP contribution in [0.25, 0.3) is 16.5 Å². The second-order valence-electron chi connectivity index (χ2n) is 7.99. The molecule has 0 aromatic heterocycles. The lowest BCUT2D eigenvalue weighted by Gasteiger charge is -2.26. The van der Waals surface area contributed by atoms with Gasteiger partial charge >= 0.3 is 0 Å². The number of aliphatic hydroxyl groups excluding tert-OH is 1. The molecule has 1 unspecified atom stereocenters. The number of unbranched alkanes of at least 4 members (excludes halogenated alkanes) is 1. The van der Waals surface area contributed by atoms with Gasteiger partial charge in [0.2, 0.25) is 0 Å². The minimum absolute atomic E-state index is 0.0808. The second-order valence-corrected chi connectivity index (χ2v) is 8.40. The number of carbonyl (C=O) groups is 2. The van der Waals surface area contributed by atoms with E-state index in [1.54, 1.807) is 23.1 Å². The number of nitrogens with zero attached hydrogens (tertiary/aromatic N) is 1. The topological polar surface area (TPSA) is 66.8 Å². The van der Waals surface area contributed by atoms with E-state index < -0.39 is 17.7 Å². The fraction of sp³-hybridized carbons (Fsp3) is 0.259. The quantitative estimate of drug-likeness (QED) is 0.260. The van der Waals surface area contributed by atoms with Crippen molar-refractivity contribution in [1.82, 2.24) is 4.90 Å². The third kappa shape index (κ3) is 4.21. The van der Waals surface area contributed by atoms with Crippen molar-refractivity contribution in [1.29, 1.82) is 0 Å². The van der Waals surface area contributed by atoms with Gasteiger partial charge in [-0.3, -0.25) is 9.59 Å². The summed E-state index contributed by atoms with van der Waals surface area (Å²) in [6, 6.07) is 17.8. The Morgan fingerprint density at radius 2 is 1.82 bits per heavy atom. The molecule has 0 radical (unpaired) electrons. The van der Waals surface area contributed by atoms with Crippen LogP contribution in [-0.2, 0) is 9.59 Å². The zero-order chi connectivity index (χ0) is 23.5. The van der Waals surface area contributed by atoms with Gasteiger partial charge in [-0.2, -0.15) is 0 Å². The summed E-state index contributed by atoms with van der Waals surface area (Å²) in [5.41, 5.74) is 1.27. The molecule has 3 aromatic rings. The Labute approximate surface area is 198 Å². The third-order valence-electron chi connectivity index (χ3n) is 5.91. The average molecular weight is 464 g/mol. The largest absolute Gasteiger partial charge is 0.507 e. The Hall–Kier alpha value is -3.31. The normalized spacial score (nSPS) is 17.7. The SMILES string of the molecule is CCCCN1C(=O)C(=O)/C(=C(\O)c2ccc(Cl)c(OCC)c2)C1c1cccc2ccccc12. The van der Waals surface area contributed by atoms with Gasteiger partial charge in [-0.05, 0) is 47.9 Å². The molecule has 33 heavy (non-hydrogen) atoms. The van der Waals surface area contributed by atoms with Gasteiger partial charge in [-0.15, -0.1) is 0 Å². The molecule has 4 rings (SSSR count). The number of ketones is 1. The van der Waals surface area contributed by atoms with E-state index in [0.717, 1.165) is 29.2 Å². The van der Waals surface area contributed by atoms with Gasteiger partial charge in [0, 0.05) is 12.1 Å². The van der Waals surface area contributed by atoms with Crippen molar-refractivity contribution in [2.24, 2.45) is 0 Å². The molecule has 170 valence electrons. The first-order chi connectivity index (χ1) is 16.0. The predicted molar refractivity (Wildman–Crippen MR) is 130 cm³/mol. The van der Waals surface area contributed by atoms with Crippen molar-refractivity contribution < 1.29 is 19.4 Å². The van der Waals surface area contributed by atoms with Crippen molar-refractivity contribution in [3.05, 3.63) is 82.4 Å². The highest BCUT2D eigenvalue weighted by Crippen LogP contribution is 2.42. The zero-order valence-electron chi connectivity index (χ0n) is 18.7. The summed E-state index contributed by atoms with van der Waals surface area (Å²) >= 11 is 6.21. The van der Waals surface area contributed by atoms with E-state index in [9.17, 15) is 14.7 Å². The lowest BCUT2D eigenvalue weighted by Crippen LogP contribution is -2.30. The number of halogens is 1. The number of rotatable bonds is 7. The molecule has 1 amide bonds. The first-order valence-corrected chi connectivity index (χ1v) is 11.5. The molecular formula is C27H26ClNO4. The maximum Gasteiger partial charge on any atom is 0.295 e. The number of hydrogen-bond acceptors (Lipinski definition) is 4. The van der Waals surface area contributed by atoms with Crippen LogP contribution >= 0.6 is 11.6 Å². The highest BCUT2D eigenvalue weighted by Gasteiger charge is 2.46. The molecule has 1 heterocycles. The van der Waals surface area contributed by atoms with Crippen molar-refractivity contribution >= 4 is 39.8 Å². The zero-order valence-corrected chi connectivity index (χ0v) is 19.4. The Bertz CT molecular complexity index is 1240. The van der Waals surface area contributed by atoms with E-state index in [-0.39, 0.29) is 11.3 Å². The molecule has 1 N–H and O–H groups in total. The van der Waals surface area contributed by atoms with Gasteiger partial charge in [-0.1, -0.05) is 67.4 Å². The second kappa shape index (κ2) is 9.67. The molecule has 3 aromatic carbocycles. The Balaban J connectivity index is 1.94. The fourth-order valence-electron chi connectivity index (χ4n) is 4.32. The molecule has 1 saturated heterocycles. The molecule has 0 aliphatic carbocycles. The van der Waals surface area contributed by atoms with Crippen LogP contribution in [0.2, 0.25) is 5.02 Å². The Morgan fingerprint density at radius 1 is 1.06 bits per heavy atom. The fourth-order valence-corrected chi connectivity index (χ4v) is 4.50. The molecule has 1 atom stereocenters. The number of amides is 1. The molecule has 0 bridgehead atoms. The molecular weight excluding hydrogens is 438 g/mol. The minimum atomic E-state index is -0.686. The van der Waals surface area contributed by atoms with Crippen molar-refractivity contribution in [2.75, 3.05) is 13.2 Å². The van der Waals surface area contributed by atoms with Gasteiger partial charge in [-0.25, -0.2) is 0 Å². The van der Waals surface area contributed by atoms with Crippen molar-refractivity contribution in [2.45, 2.75) is 32.7 Å². The highest BCUT2D eigenvalue weighted by atomic mass is 35.5. The average Bonchev–Trinajstić information content (AvgIpc) is 3.08. The van der Waals surface area contributed by atoms with E-state index in [1.165, 1.54) is 0 Å². The summed E-state index contributed by atoms with van der Waals surface area (Å²) in [6.07, 6.45) is 1.63. The molecule has 1 aliphatic rings. The molecule has 0 spiro atoms. The van der Waals surface area contributed by atoms with Crippen LogP contribution in [0.4, 0.5) is 0 Å². The van der Waals surface area contributed by atoms with Crippen LogP contribution in [0.1, 0.15) is 43.9 Å². The first kappa shape index (κ1) is 22.9. The van der Waals surface area contributed by atoms with Crippen LogP contribution in [0, 0.1) is 0 Å². The maximum absolute atomic E-state index is 13.2. The van der Waals surface area contributed by atoms with Crippen LogP contribution in [-0.4, -0.2) is 34.8 Å². The van der Waals surface area contributed by atoms with Gasteiger partial charge < -0.3 is 14.7 Å². The highest BCUT2D eigenvalue weighted by molar-refractivity contribution is 6.46. The standard InChI is InChI=1S/C27H26ClNO4/c1-3-5-15-29-24(20-12-8-10-17-9-6-7-11-19(17)20)23(26(31)27(29)32)25(30)18-13-14-21(28)22(16-18)33-4-2/h6-14,16,24,30H,3-5,15H2,1-2H3/b25-23-. The van der Waals surface area contributed by atoms with Gasteiger partial charge in [0.1, 0.15) is 11.5 Å². The van der Waals surface area contributed by atoms with Gasteiger partial charge in [0.05, 0.1) is 23.2 Å². The number of hydrogen-bond donors (Lipinski definition) is 1. The van der Waals surface area contributed by atoms with Crippen molar-refractivity contribution in [3.63, 3.8) is 0 Å². The van der Waals surface area contributed by atoms with Gasteiger partial charge in [0.15, 0.2) is 0 Å². The van der Waals surface area contributed by atoms with Crippen LogP contribution in [0.15, 0.2) is 66.2 Å². The lowest BCUT2D eigenvalue weighted by molar-refractivity contribution is -0.139. The lowest BCUT2D eigenvalue weighted by atomic mass is 9.91. The van der Waals surface area contributed by atoms with E-state index in [0.29, 0.717) is 29.5 Å². The molecule has 0 saturated carbocycles. The summed E-state index contributed by atoms with van der Waals surface area (Å²) in [5.74, 6) is -1.11. The van der Waals surface area contributed by atoms with Crippen LogP contribution in [0.5, 0.6) is 5.75 Å². The maximum atomic E-state index is 13.2. The van der Waals surface area contributed by atoms with E-state index in [4.69, 9.17) is 16.3 Å². The smallest absolute Gasteiger partial charge is 0.295 e. The number of ether oxygens (including phenoxy) is 1. The van der Waals surface area contributed by atoms with Crippen LogP contribution in [0.3, 0.4) is 0 Å². The Kier molecular flexibility index (Phi) is 6.70. The Morgan fingerprint density at radius 3 is 2.58 bits per heavy atom. The number of benzene rings is 3. The number of fused-ring (bicyclic) bond motifs is 1. The molecule has 1 aliphatic heterocycles. The molecule has 6 heteroatoms. The summed E-state index contributed by atoms with van der Waals surface area (Å²) in [6.45, 7) is 4.70. The summed E-state index contributed by atoms with van der Waals surface area (Å²) in [7, 11) is 0. The van der Waals surface area contributed by atoms with Gasteiger partial charge in [0.25, 0.3) is 11.7 Å². The minimum Gasteiger partial charge on any atom is -0.507 e. The number of carbonyl (C=O) groups excluding carboxylic acids is 2. The molecule has 5 nitrogen and oxygen atoms in total. The number of Topliss-reactive ketones (excluding diaryl/α,β-unsaturated/α-hetero) is 1. The first-order valence-electron chi connectivity index (χ1n) is 11.2. The summed E-state index contributed by atoms with van der Waals surface area (Å²) < 4.78 is 5.55.